The van der Waals surface area contributed by atoms with Crippen molar-refractivity contribution < 1.29 is 14.1 Å². The maximum atomic E-state index is 13.0. The lowest BCUT2D eigenvalue weighted by atomic mass is 9.91. The number of nitrogens with one attached hydrogen (secondary N) is 1. The van der Waals surface area contributed by atoms with Crippen molar-refractivity contribution in [3.63, 3.8) is 0 Å². The van der Waals surface area contributed by atoms with Crippen LogP contribution in [-0.4, -0.2) is 39.9 Å². The summed E-state index contributed by atoms with van der Waals surface area (Å²) in [7, 11) is 0. The summed E-state index contributed by atoms with van der Waals surface area (Å²) in [5.41, 5.74) is 2.07. The maximum Gasteiger partial charge on any atom is 0.253 e. The summed E-state index contributed by atoms with van der Waals surface area (Å²) in [6.07, 6.45) is 2.66. The van der Waals surface area contributed by atoms with E-state index in [1.54, 1.807) is 6.07 Å². The summed E-state index contributed by atoms with van der Waals surface area (Å²) >= 11 is 0. The van der Waals surface area contributed by atoms with Crippen LogP contribution in [0.25, 0.3) is 0 Å². The van der Waals surface area contributed by atoms with Crippen molar-refractivity contribution in [2.75, 3.05) is 18.4 Å². The van der Waals surface area contributed by atoms with Crippen LogP contribution in [0.3, 0.4) is 0 Å². The Bertz CT molecular complexity index is 950. The third-order valence-electron chi connectivity index (χ3n) is 5.85. The molecule has 3 rings (SSSR count). The summed E-state index contributed by atoms with van der Waals surface area (Å²) in [4.78, 5) is 31.9. The number of hydrogen-bond acceptors (Lipinski definition) is 5. The van der Waals surface area contributed by atoms with Gasteiger partial charge in [0, 0.05) is 42.6 Å². The van der Waals surface area contributed by atoms with E-state index in [9.17, 15) is 9.59 Å². The molecule has 0 bridgehead atoms. The molecule has 2 heterocycles. The fourth-order valence-corrected chi connectivity index (χ4v) is 4.17. The van der Waals surface area contributed by atoms with Gasteiger partial charge in [-0.05, 0) is 49.3 Å². The second kappa shape index (κ2) is 9.84. The van der Waals surface area contributed by atoms with E-state index in [0.717, 1.165) is 25.1 Å². The molecule has 2 amide bonds. The van der Waals surface area contributed by atoms with Crippen molar-refractivity contribution in [3.8, 4) is 0 Å². The number of rotatable bonds is 6. The second-order valence-corrected chi connectivity index (χ2v) is 10.3. The van der Waals surface area contributed by atoms with Crippen molar-refractivity contribution in [2.45, 2.75) is 72.6 Å². The Hall–Kier alpha value is -2.70. The van der Waals surface area contributed by atoms with Gasteiger partial charge in [-0.2, -0.15) is 4.98 Å². The Kier molecular flexibility index (Phi) is 7.36. The number of benzene rings is 1. The molecule has 7 nitrogen and oxygen atoms in total. The van der Waals surface area contributed by atoms with Crippen LogP contribution >= 0.6 is 0 Å². The standard InChI is InChI=1S/C25H36N4O3/c1-16-12-17(2)15-29(14-16)23(31)19-11-10-18(3)20(13-19)26-21(30)8-7-9-22-27-24(28-32-22)25(4,5)6/h10-11,13,16-17H,7-9,12,14-15H2,1-6H3,(H,26,30). The smallest absolute Gasteiger partial charge is 0.253 e. The number of carbonyl (C=O) groups is 2. The molecule has 1 aliphatic rings. The Labute approximate surface area is 191 Å². The number of hydrogen-bond donors (Lipinski definition) is 1. The van der Waals surface area contributed by atoms with Crippen molar-refractivity contribution in [2.24, 2.45) is 11.8 Å². The predicted octanol–water partition coefficient (Wildman–Crippen LogP) is 4.76. The van der Waals surface area contributed by atoms with Gasteiger partial charge in [-0.1, -0.05) is 45.8 Å². The molecule has 1 aromatic heterocycles. The largest absolute Gasteiger partial charge is 0.339 e. The van der Waals surface area contributed by atoms with E-state index in [0.29, 0.717) is 54.1 Å². The van der Waals surface area contributed by atoms with E-state index in [1.807, 2.05) is 44.7 Å². The van der Waals surface area contributed by atoms with Crippen LogP contribution < -0.4 is 5.32 Å². The average Bonchev–Trinajstić information content (AvgIpc) is 3.18. The molecule has 2 aromatic rings. The van der Waals surface area contributed by atoms with E-state index >= 15 is 0 Å². The zero-order valence-corrected chi connectivity index (χ0v) is 20.2. The summed E-state index contributed by atoms with van der Waals surface area (Å²) < 4.78 is 5.29. The van der Waals surface area contributed by atoms with Gasteiger partial charge in [-0.15, -0.1) is 0 Å². The van der Waals surface area contributed by atoms with Gasteiger partial charge in [-0.25, -0.2) is 0 Å². The predicted molar refractivity (Wildman–Crippen MR) is 125 cm³/mol. The molecule has 1 saturated heterocycles. The number of amides is 2. The van der Waals surface area contributed by atoms with Crippen molar-refractivity contribution in [1.29, 1.82) is 0 Å². The summed E-state index contributed by atoms with van der Waals surface area (Å²) in [6, 6.07) is 5.54. The number of anilines is 1. The fourth-order valence-electron chi connectivity index (χ4n) is 4.17. The topological polar surface area (TPSA) is 88.3 Å². The molecule has 2 atom stereocenters. The summed E-state index contributed by atoms with van der Waals surface area (Å²) in [6.45, 7) is 14.0. The Morgan fingerprint density at radius 1 is 1.19 bits per heavy atom. The molecule has 0 radical (unpaired) electrons. The van der Waals surface area contributed by atoms with Gasteiger partial charge in [0.25, 0.3) is 5.91 Å². The van der Waals surface area contributed by atoms with Crippen molar-refractivity contribution in [3.05, 3.63) is 41.0 Å². The van der Waals surface area contributed by atoms with Gasteiger partial charge in [0.15, 0.2) is 5.82 Å². The highest BCUT2D eigenvalue weighted by Gasteiger charge is 2.26. The third kappa shape index (κ3) is 6.17. The minimum absolute atomic E-state index is 0.0324. The van der Waals surface area contributed by atoms with Crippen LogP contribution in [0.1, 0.15) is 81.5 Å². The quantitative estimate of drug-likeness (QED) is 0.700. The van der Waals surface area contributed by atoms with E-state index < -0.39 is 0 Å². The third-order valence-corrected chi connectivity index (χ3v) is 5.85. The first-order chi connectivity index (χ1) is 15.0. The first-order valence-electron chi connectivity index (χ1n) is 11.6. The van der Waals surface area contributed by atoms with E-state index in [-0.39, 0.29) is 17.2 Å². The Morgan fingerprint density at radius 2 is 1.88 bits per heavy atom. The average molecular weight is 441 g/mol. The van der Waals surface area contributed by atoms with Crippen LogP contribution in [0.4, 0.5) is 5.69 Å². The second-order valence-electron chi connectivity index (χ2n) is 10.3. The Balaban J connectivity index is 1.56. The molecule has 2 unspecified atom stereocenters. The van der Waals surface area contributed by atoms with E-state index in [4.69, 9.17) is 4.52 Å². The molecule has 1 aliphatic heterocycles. The van der Waals surface area contributed by atoms with Gasteiger partial charge >= 0.3 is 0 Å². The van der Waals surface area contributed by atoms with E-state index in [2.05, 4.69) is 29.3 Å². The molecule has 1 fully saturated rings. The minimum Gasteiger partial charge on any atom is -0.339 e. The summed E-state index contributed by atoms with van der Waals surface area (Å²) in [5.74, 6) is 2.18. The monoisotopic (exact) mass is 440 g/mol. The van der Waals surface area contributed by atoms with Crippen LogP contribution in [0.15, 0.2) is 22.7 Å². The zero-order valence-electron chi connectivity index (χ0n) is 20.2. The molecule has 0 spiro atoms. The number of piperidine rings is 1. The van der Waals surface area contributed by atoms with Gasteiger partial charge in [0.2, 0.25) is 11.8 Å². The van der Waals surface area contributed by atoms with Crippen molar-refractivity contribution >= 4 is 17.5 Å². The zero-order chi connectivity index (χ0) is 23.5. The molecule has 0 saturated carbocycles. The van der Waals surface area contributed by atoms with E-state index in [1.165, 1.54) is 0 Å². The highest BCUT2D eigenvalue weighted by Crippen LogP contribution is 2.25. The fraction of sp³-hybridized carbons (Fsp3) is 0.600. The van der Waals surface area contributed by atoms with Crippen LogP contribution in [0.2, 0.25) is 0 Å². The van der Waals surface area contributed by atoms with Gasteiger partial charge in [-0.3, -0.25) is 9.59 Å². The van der Waals surface area contributed by atoms with Crippen LogP contribution in [0.5, 0.6) is 0 Å². The van der Waals surface area contributed by atoms with Crippen molar-refractivity contribution in [1.82, 2.24) is 15.0 Å². The van der Waals surface area contributed by atoms with Crippen LogP contribution in [-0.2, 0) is 16.6 Å². The van der Waals surface area contributed by atoms with Gasteiger partial charge in [0.05, 0.1) is 0 Å². The highest BCUT2D eigenvalue weighted by molar-refractivity contribution is 5.97. The van der Waals surface area contributed by atoms with Gasteiger partial charge in [0.1, 0.15) is 0 Å². The normalized spacial score (nSPS) is 19.1. The molecule has 0 aliphatic carbocycles. The highest BCUT2D eigenvalue weighted by atomic mass is 16.5. The lowest BCUT2D eigenvalue weighted by molar-refractivity contribution is -0.116. The Morgan fingerprint density at radius 3 is 2.50 bits per heavy atom. The number of carbonyl (C=O) groups excluding carboxylic acids is 2. The number of nitrogens with zero attached hydrogens (tertiary/aromatic N) is 3. The molecular weight excluding hydrogens is 404 g/mol. The SMILES string of the molecule is Cc1ccc(C(=O)N2CC(C)CC(C)C2)cc1NC(=O)CCCc1nc(C(C)(C)C)no1. The first kappa shape index (κ1) is 24.0. The number of aromatic nitrogens is 2. The molecule has 1 aromatic carbocycles. The molecule has 174 valence electrons. The molecule has 32 heavy (non-hydrogen) atoms. The number of aryl methyl sites for hydroxylation is 2. The first-order valence-corrected chi connectivity index (χ1v) is 11.6. The van der Waals surface area contributed by atoms with Crippen LogP contribution in [0, 0.1) is 18.8 Å². The molecule has 1 N–H and O–H groups in total. The van der Waals surface area contributed by atoms with Gasteiger partial charge < -0.3 is 14.7 Å². The number of likely N-dealkylation sites (tertiary alicyclic amines) is 1. The molecular formula is C25H36N4O3. The molecule has 7 heteroatoms. The lowest BCUT2D eigenvalue weighted by Crippen LogP contribution is -2.42. The summed E-state index contributed by atoms with van der Waals surface area (Å²) in [5, 5.41) is 6.98. The maximum absolute atomic E-state index is 13.0. The lowest BCUT2D eigenvalue weighted by Gasteiger charge is -2.35. The minimum atomic E-state index is -0.163.